The molecule has 0 bridgehead atoms. The topological polar surface area (TPSA) is 78.2 Å². The first-order valence-corrected chi connectivity index (χ1v) is 5.11. The van der Waals surface area contributed by atoms with Gasteiger partial charge in [0.15, 0.2) is 0 Å². The molecule has 5 nitrogen and oxygen atoms in total. The molecular formula is C8H4N2O3S2. The Balaban J connectivity index is 0.00000112. The molecule has 0 fully saturated rings. The van der Waals surface area contributed by atoms with Crippen molar-refractivity contribution in [1.82, 2.24) is 4.31 Å². The molecule has 0 atom stereocenters. The number of nitrogens with zero attached hydrogens (tertiary/aromatic N) is 2. The summed E-state index contributed by atoms with van der Waals surface area (Å²) in [6.07, 6.45) is 1.35. The van der Waals surface area contributed by atoms with Crippen LogP contribution in [0.2, 0.25) is 0 Å². The molecule has 1 amide bonds. The van der Waals surface area contributed by atoms with Crippen LogP contribution >= 0.6 is 13.5 Å². The number of sulfonamides is 1. The molecular weight excluding hydrogens is 236 g/mol. The summed E-state index contributed by atoms with van der Waals surface area (Å²) in [5.74, 6) is -0.789. The molecule has 0 saturated carbocycles. The molecule has 7 heteroatoms. The lowest BCUT2D eigenvalue weighted by Gasteiger charge is -2.01. The molecule has 1 heterocycles. The molecule has 0 aromatic heterocycles. The predicted octanol–water partition coefficient (Wildman–Crippen LogP) is 0.960. The van der Waals surface area contributed by atoms with Gasteiger partial charge in [-0.25, -0.2) is 0 Å². The third-order valence-electron chi connectivity index (χ3n) is 1.91. The van der Waals surface area contributed by atoms with Crippen LogP contribution in [-0.4, -0.2) is 18.6 Å². The van der Waals surface area contributed by atoms with Crippen LogP contribution in [0.25, 0.3) is 0 Å². The Bertz CT molecular complexity index is 559. The van der Waals surface area contributed by atoms with Gasteiger partial charge >= 0.3 is 0 Å². The summed E-state index contributed by atoms with van der Waals surface area (Å²) >= 11 is 0. The van der Waals surface area contributed by atoms with Gasteiger partial charge in [-0.3, -0.25) is 4.79 Å². The maximum absolute atomic E-state index is 11.5. The molecule has 2 rings (SSSR count). The van der Waals surface area contributed by atoms with Gasteiger partial charge in [0.25, 0.3) is 15.9 Å². The van der Waals surface area contributed by atoms with E-state index in [-0.39, 0.29) is 28.3 Å². The summed E-state index contributed by atoms with van der Waals surface area (Å²) in [7, 11) is -3.92. The highest BCUT2D eigenvalue weighted by molar-refractivity contribution is 7.90. The zero-order valence-electron chi connectivity index (χ0n) is 7.25. The molecule has 0 unspecified atom stereocenters. The van der Waals surface area contributed by atoms with Crippen molar-refractivity contribution >= 4 is 29.4 Å². The van der Waals surface area contributed by atoms with Crippen LogP contribution in [0.5, 0.6) is 0 Å². The van der Waals surface area contributed by atoms with Crippen LogP contribution in [0, 0.1) is 11.5 Å². The summed E-state index contributed by atoms with van der Waals surface area (Å²) in [6, 6.07) is 5.74. The second-order valence-corrected chi connectivity index (χ2v) is 4.43. The lowest BCUT2D eigenvalue weighted by molar-refractivity contribution is 0.0912. The van der Waals surface area contributed by atoms with E-state index in [1.165, 1.54) is 24.4 Å². The van der Waals surface area contributed by atoms with E-state index in [0.29, 0.717) is 0 Å². The number of rotatable bonds is 0. The van der Waals surface area contributed by atoms with Crippen molar-refractivity contribution in [3.05, 3.63) is 29.8 Å². The standard InChI is InChI=1S/C8H4N2O3S.S/c9-5-10-8(11)6-3-1-2-4-7(6)14(10,12)13;/h1-4H;. The van der Waals surface area contributed by atoms with Crippen molar-refractivity contribution in [3.63, 3.8) is 0 Å². The van der Waals surface area contributed by atoms with Crippen molar-refractivity contribution in [1.29, 1.82) is 5.26 Å². The average Bonchev–Trinajstić information content (AvgIpc) is 2.36. The van der Waals surface area contributed by atoms with Gasteiger partial charge in [0.05, 0.1) is 5.56 Å². The molecule has 1 aliphatic rings. The first kappa shape index (κ1) is 11.6. The molecule has 1 aromatic rings. The minimum absolute atomic E-state index is 0. The Kier molecular flexibility index (Phi) is 2.75. The predicted molar refractivity (Wildman–Crippen MR) is 53.0 cm³/mol. The number of nitriles is 1. The van der Waals surface area contributed by atoms with Crippen LogP contribution in [0.1, 0.15) is 10.4 Å². The number of hydrogen-bond acceptors (Lipinski definition) is 4. The molecule has 0 saturated heterocycles. The number of carbonyl (C=O) groups is 1. The molecule has 1 aromatic carbocycles. The summed E-state index contributed by atoms with van der Waals surface area (Å²) in [5.41, 5.74) is 0.0500. The van der Waals surface area contributed by atoms with Gasteiger partial charge in [0.1, 0.15) is 4.90 Å². The third kappa shape index (κ3) is 1.38. The van der Waals surface area contributed by atoms with Crippen molar-refractivity contribution in [3.8, 4) is 6.19 Å². The highest BCUT2D eigenvalue weighted by Gasteiger charge is 2.41. The van der Waals surface area contributed by atoms with E-state index in [9.17, 15) is 13.2 Å². The zero-order valence-corrected chi connectivity index (χ0v) is 8.88. The second-order valence-electron chi connectivity index (χ2n) is 2.67. The maximum Gasteiger partial charge on any atom is 0.282 e. The van der Waals surface area contributed by atoms with Crippen LogP contribution in [0.15, 0.2) is 29.2 Å². The fraction of sp³-hybridized carbons (Fsp3) is 0. The number of amides is 1. The molecule has 1 aliphatic heterocycles. The van der Waals surface area contributed by atoms with E-state index in [1.54, 1.807) is 6.07 Å². The minimum atomic E-state index is -3.92. The Labute approximate surface area is 93.4 Å². The van der Waals surface area contributed by atoms with Gasteiger partial charge in [-0.2, -0.15) is 13.7 Å². The molecule has 0 spiro atoms. The van der Waals surface area contributed by atoms with Gasteiger partial charge in [0.2, 0.25) is 6.19 Å². The van der Waals surface area contributed by atoms with Crippen LogP contribution in [0.3, 0.4) is 0 Å². The normalized spacial score (nSPS) is 16.5. The van der Waals surface area contributed by atoms with Gasteiger partial charge in [0, 0.05) is 13.5 Å². The van der Waals surface area contributed by atoms with Crippen LogP contribution in [0.4, 0.5) is 0 Å². The van der Waals surface area contributed by atoms with E-state index in [4.69, 9.17) is 5.26 Å². The number of fused-ring (bicyclic) bond motifs is 1. The lowest BCUT2D eigenvalue weighted by atomic mass is 10.2. The van der Waals surface area contributed by atoms with Gasteiger partial charge < -0.3 is 0 Å². The van der Waals surface area contributed by atoms with E-state index in [1.807, 2.05) is 0 Å². The minimum Gasteiger partial charge on any atom is -0.267 e. The summed E-state index contributed by atoms with van der Waals surface area (Å²) < 4.78 is 23.2. The summed E-state index contributed by atoms with van der Waals surface area (Å²) in [5, 5.41) is 8.52. The van der Waals surface area contributed by atoms with E-state index < -0.39 is 15.9 Å². The van der Waals surface area contributed by atoms with Crippen molar-refractivity contribution < 1.29 is 13.2 Å². The van der Waals surface area contributed by atoms with Gasteiger partial charge in [-0.1, -0.05) is 12.1 Å². The number of hydrogen-bond donors (Lipinski definition) is 0. The molecule has 2 radical (unpaired) electrons. The maximum atomic E-state index is 11.5. The molecule has 0 N–H and O–H groups in total. The lowest BCUT2D eigenvalue weighted by Crippen LogP contribution is -2.24. The largest absolute Gasteiger partial charge is 0.282 e. The zero-order chi connectivity index (χ0) is 10.3. The Morgan fingerprint density at radius 2 is 1.87 bits per heavy atom. The summed E-state index contributed by atoms with van der Waals surface area (Å²) in [4.78, 5) is 11.3. The number of carbonyl (C=O) groups excluding carboxylic acids is 1. The fourth-order valence-corrected chi connectivity index (χ4v) is 2.59. The van der Waals surface area contributed by atoms with Crippen LogP contribution < -0.4 is 0 Å². The molecule has 76 valence electrons. The van der Waals surface area contributed by atoms with Crippen LogP contribution in [-0.2, 0) is 10.0 Å². The molecule has 0 aliphatic carbocycles. The second kappa shape index (κ2) is 3.56. The first-order valence-electron chi connectivity index (χ1n) is 3.67. The monoisotopic (exact) mass is 240 g/mol. The first-order chi connectivity index (χ1) is 6.59. The number of benzene rings is 1. The molecule has 15 heavy (non-hydrogen) atoms. The third-order valence-corrected chi connectivity index (χ3v) is 3.55. The van der Waals surface area contributed by atoms with Gasteiger partial charge in [-0.05, 0) is 12.1 Å². The van der Waals surface area contributed by atoms with E-state index >= 15 is 0 Å². The highest BCUT2D eigenvalue weighted by atomic mass is 32.2. The van der Waals surface area contributed by atoms with Gasteiger partial charge in [-0.15, -0.1) is 4.31 Å². The smallest absolute Gasteiger partial charge is 0.267 e. The SMILES string of the molecule is N#CN1C(=O)c2ccccc2S1(=O)=O.[S]. The van der Waals surface area contributed by atoms with E-state index in [2.05, 4.69) is 0 Å². The average molecular weight is 240 g/mol. The fourth-order valence-electron chi connectivity index (χ4n) is 1.28. The Hall–Kier alpha value is -1.52. The summed E-state index contributed by atoms with van der Waals surface area (Å²) in [6.45, 7) is 0. The quantitative estimate of drug-likeness (QED) is 0.633. The van der Waals surface area contributed by atoms with Crippen molar-refractivity contribution in [2.75, 3.05) is 0 Å². The van der Waals surface area contributed by atoms with Crippen molar-refractivity contribution in [2.24, 2.45) is 0 Å². The van der Waals surface area contributed by atoms with Crippen molar-refractivity contribution in [2.45, 2.75) is 4.90 Å². The Morgan fingerprint density at radius 3 is 2.40 bits per heavy atom. The van der Waals surface area contributed by atoms with E-state index in [0.717, 1.165) is 0 Å². The highest BCUT2D eigenvalue weighted by Crippen LogP contribution is 2.28. The Morgan fingerprint density at radius 1 is 1.27 bits per heavy atom.